The lowest BCUT2D eigenvalue weighted by molar-refractivity contribution is -0.122. The van der Waals surface area contributed by atoms with E-state index in [0.717, 1.165) is 28.0 Å². The van der Waals surface area contributed by atoms with Crippen LogP contribution in [0.25, 0.3) is 11.1 Å². The molecule has 0 fully saturated rings. The van der Waals surface area contributed by atoms with Gasteiger partial charge >= 0.3 is 0 Å². The Labute approximate surface area is 110 Å². The first-order valence-electron chi connectivity index (χ1n) is 5.95. The summed E-state index contributed by atoms with van der Waals surface area (Å²) in [5.74, 6) is -0.538. The van der Waals surface area contributed by atoms with Crippen LogP contribution in [0.15, 0.2) is 53.7 Å². The molecule has 0 radical (unpaired) electrons. The number of benzene rings is 2. The summed E-state index contributed by atoms with van der Waals surface area (Å²) in [6, 6.07) is 16.0. The highest BCUT2D eigenvalue weighted by Gasteiger charge is 2.24. The van der Waals surface area contributed by atoms with Crippen LogP contribution in [0.1, 0.15) is 11.1 Å². The molecule has 2 N–H and O–H groups in total. The predicted molar refractivity (Wildman–Crippen MR) is 72.7 cm³/mol. The molecular formula is C15H12N2O2. The van der Waals surface area contributed by atoms with Gasteiger partial charge in [0.15, 0.2) is 6.61 Å². The van der Waals surface area contributed by atoms with Crippen LogP contribution in [-0.4, -0.2) is 18.2 Å². The summed E-state index contributed by atoms with van der Waals surface area (Å²) >= 11 is 0. The molecule has 19 heavy (non-hydrogen) atoms. The molecule has 4 nitrogen and oxygen atoms in total. The van der Waals surface area contributed by atoms with Gasteiger partial charge in [0.05, 0.1) is 0 Å². The molecule has 0 heterocycles. The van der Waals surface area contributed by atoms with Crippen molar-refractivity contribution in [2.45, 2.75) is 0 Å². The fourth-order valence-corrected chi connectivity index (χ4v) is 2.25. The number of primary amides is 1. The number of nitrogens with zero attached hydrogens (tertiary/aromatic N) is 1. The molecule has 0 aromatic heterocycles. The molecule has 0 bridgehead atoms. The Morgan fingerprint density at radius 1 is 0.947 bits per heavy atom. The van der Waals surface area contributed by atoms with Gasteiger partial charge in [-0.15, -0.1) is 0 Å². The topological polar surface area (TPSA) is 64.7 Å². The van der Waals surface area contributed by atoms with Crippen molar-refractivity contribution < 1.29 is 9.63 Å². The zero-order valence-electron chi connectivity index (χ0n) is 10.2. The van der Waals surface area contributed by atoms with Gasteiger partial charge in [-0.25, -0.2) is 0 Å². The van der Waals surface area contributed by atoms with Gasteiger partial charge in [0.1, 0.15) is 5.71 Å². The van der Waals surface area contributed by atoms with Gasteiger partial charge in [-0.3, -0.25) is 4.79 Å². The van der Waals surface area contributed by atoms with Crippen molar-refractivity contribution in [2.24, 2.45) is 10.9 Å². The third-order valence-corrected chi connectivity index (χ3v) is 3.02. The molecule has 0 saturated carbocycles. The number of rotatable bonds is 3. The summed E-state index contributed by atoms with van der Waals surface area (Å²) in [4.78, 5) is 15.7. The maximum absolute atomic E-state index is 10.7. The molecule has 1 amide bonds. The van der Waals surface area contributed by atoms with Crippen LogP contribution in [0.5, 0.6) is 0 Å². The Kier molecular flexibility index (Phi) is 2.76. The molecule has 0 spiro atoms. The average molecular weight is 252 g/mol. The monoisotopic (exact) mass is 252 g/mol. The van der Waals surface area contributed by atoms with E-state index in [4.69, 9.17) is 10.6 Å². The summed E-state index contributed by atoms with van der Waals surface area (Å²) in [5.41, 5.74) is 10.0. The van der Waals surface area contributed by atoms with Crippen molar-refractivity contribution in [3.05, 3.63) is 59.7 Å². The molecule has 1 aliphatic rings. The molecule has 1 aliphatic carbocycles. The van der Waals surface area contributed by atoms with E-state index in [1.54, 1.807) is 0 Å². The first kappa shape index (κ1) is 11.5. The van der Waals surface area contributed by atoms with Crippen LogP contribution in [-0.2, 0) is 9.63 Å². The van der Waals surface area contributed by atoms with Crippen molar-refractivity contribution in [2.75, 3.05) is 6.61 Å². The first-order valence-corrected chi connectivity index (χ1v) is 5.95. The van der Waals surface area contributed by atoms with Gasteiger partial charge < -0.3 is 10.6 Å². The van der Waals surface area contributed by atoms with E-state index in [2.05, 4.69) is 5.16 Å². The van der Waals surface area contributed by atoms with Crippen molar-refractivity contribution in [1.82, 2.24) is 0 Å². The Morgan fingerprint density at radius 2 is 1.42 bits per heavy atom. The molecule has 2 aromatic carbocycles. The third kappa shape index (κ3) is 1.97. The fourth-order valence-electron chi connectivity index (χ4n) is 2.25. The van der Waals surface area contributed by atoms with E-state index < -0.39 is 5.91 Å². The lowest BCUT2D eigenvalue weighted by Gasteiger charge is -2.01. The average Bonchev–Trinajstić information content (AvgIpc) is 2.74. The molecule has 0 saturated heterocycles. The summed E-state index contributed by atoms with van der Waals surface area (Å²) in [6.45, 7) is -0.214. The molecule has 2 aromatic rings. The van der Waals surface area contributed by atoms with Crippen molar-refractivity contribution in [1.29, 1.82) is 0 Å². The number of fused-ring (bicyclic) bond motifs is 3. The second-order valence-corrected chi connectivity index (χ2v) is 4.27. The highest BCUT2D eigenvalue weighted by Crippen LogP contribution is 2.36. The lowest BCUT2D eigenvalue weighted by Crippen LogP contribution is -2.17. The molecule has 3 rings (SSSR count). The fraction of sp³-hybridized carbons (Fsp3) is 0.0667. The summed E-state index contributed by atoms with van der Waals surface area (Å²) in [5, 5.41) is 4.06. The Bertz CT molecular complexity index is 630. The molecule has 94 valence electrons. The third-order valence-electron chi connectivity index (χ3n) is 3.02. The highest BCUT2D eigenvalue weighted by molar-refractivity contribution is 6.24. The lowest BCUT2D eigenvalue weighted by atomic mass is 10.1. The van der Waals surface area contributed by atoms with Gasteiger partial charge in [0, 0.05) is 11.1 Å². The van der Waals surface area contributed by atoms with E-state index in [0.29, 0.717) is 0 Å². The molecule has 0 atom stereocenters. The minimum Gasteiger partial charge on any atom is -0.385 e. The van der Waals surface area contributed by atoms with Crippen LogP contribution in [0, 0.1) is 0 Å². The maximum atomic E-state index is 10.7. The molecule has 0 unspecified atom stereocenters. The molecule has 4 heteroatoms. The van der Waals surface area contributed by atoms with Crippen LogP contribution in [0.2, 0.25) is 0 Å². The maximum Gasteiger partial charge on any atom is 0.258 e. The van der Waals surface area contributed by atoms with Gasteiger partial charge in [-0.2, -0.15) is 0 Å². The number of nitrogens with two attached hydrogens (primary N) is 1. The van der Waals surface area contributed by atoms with E-state index in [1.807, 2.05) is 48.5 Å². The largest absolute Gasteiger partial charge is 0.385 e. The molecular weight excluding hydrogens is 240 g/mol. The van der Waals surface area contributed by atoms with Gasteiger partial charge in [-0.1, -0.05) is 53.7 Å². The predicted octanol–water partition coefficient (Wildman–Crippen LogP) is 1.92. The van der Waals surface area contributed by atoms with E-state index in [1.165, 1.54) is 0 Å². The number of amides is 1. The summed E-state index contributed by atoms with van der Waals surface area (Å²) in [7, 11) is 0. The number of carbonyl (C=O) groups is 1. The quantitative estimate of drug-likeness (QED) is 0.724. The zero-order valence-corrected chi connectivity index (χ0v) is 10.2. The number of hydrogen-bond donors (Lipinski definition) is 1. The Hall–Kier alpha value is -2.62. The van der Waals surface area contributed by atoms with Crippen LogP contribution in [0.4, 0.5) is 0 Å². The van der Waals surface area contributed by atoms with Crippen LogP contribution < -0.4 is 5.73 Å². The smallest absolute Gasteiger partial charge is 0.258 e. The molecule has 0 aliphatic heterocycles. The number of carbonyl (C=O) groups excluding carboxylic acids is 1. The Balaban J connectivity index is 2.07. The van der Waals surface area contributed by atoms with Crippen molar-refractivity contribution >= 4 is 11.6 Å². The second-order valence-electron chi connectivity index (χ2n) is 4.27. The normalized spacial score (nSPS) is 11.7. The van der Waals surface area contributed by atoms with Crippen molar-refractivity contribution in [3.63, 3.8) is 0 Å². The van der Waals surface area contributed by atoms with E-state index in [9.17, 15) is 4.79 Å². The SMILES string of the molecule is NC(=O)CON=C1c2ccccc2-c2ccccc21. The zero-order chi connectivity index (χ0) is 13.2. The second kappa shape index (κ2) is 4.57. The Morgan fingerprint density at radius 3 is 1.89 bits per heavy atom. The van der Waals surface area contributed by atoms with Crippen LogP contribution >= 0.6 is 0 Å². The van der Waals surface area contributed by atoms with Gasteiger partial charge in [-0.05, 0) is 11.1 Å². The van der Waals surface area contributed by atoms with Crippen molar-refractivity contribution in [3.8, 4) is 11.1 Å². The standard InChI is InChI=1S/C15H12N2O2/c16-14(18)9-19-17-15-12-7-3-1-5-10(12)11-6-2-4-8-13(11)15/h1-8H,9H2,(H2,16,18). The number of oxime groups is 1. The van der Waals surface area contributed by atoms with E-state index in [-0.39, 0.29) is 6.61 Å². The summed E-state index contributed by atoms with van der Waals surface area (Å²) in [6.07, 6.45) is 0. The number of hydrogen-bond acceptors (Lipinski definition) is 3. The first-order chi connectivity index (χ1) is 9.27. The van der Waals surface area contributed by atoms with Crippen LogP contribution in [0.3, 0.4) is 0 Å². The summed E-state index contributed by atoms with van der Waals surface area (Å²) < 4.78 is 0. The van der Waals surface area contributed by atoms with Gasteiger partial charge in [0.2, 0.25) is 0 Å². The van der Waals surface area contributed by atoms with E-state index >= 15 is 0 Å². The van der Waals surface area contributed by atoms with Gasteiger partial charge in [0.25, 0.3) is 5.91 Å². The highest BCUT2D eigenvalue weighted by atomic mass is 16.6. The minimum atomic E-state index is -0.538. The minimum absolute atomic E-state index is 0.214.